The van der Waals surface area contributed by atoms with Gasteiger partial charge in [0.15, 0.2) is 4.80 Å². The summed E-state index contributed by atoms with van der Waals surface area (Å²) in [7, 11) is 0. The van der Waals surface area contributed by atoms with E-state index in [1.165, 1.54) is 11.1 Å². The molecule has 0 aliphatic heterocycles. The summed E-state index contributed by atoms with van der Waals surface area (Å²) in [5.41, 5.74) is 3.58. The molecule has 1 heterocycles. The Morgan fingerprint density at radius 3 is 2.81 bits per heavy atom. The van der Waals surface area contributed by atoms with Crippen molar-refractivity contribution in [2.24, 2.45) is 4.99 Å². The topological polar surface area (TPSA) is 17.3 Å². The van der Waals surface area contributed by atoms with E-state index in [1.54, 1.807) is 11.3 Å². The predicted octanol–water partition coefficient (Wildman–Crippen LogP) is 3.42. The van der Waals surface area contributed by atoms with E-state index in [-0.39, 0.29) is 0 Å². The molecule has 0 amide bonds. The molecule has 84 valence electrons. The van der Waals surface area contributed by atoms with Crippen LogP contribution in [-0.4, -0.2) is 4.57 Å². The van der Waals surface area contributed by atoms with E-state index in [1.807, 2.05) is 0 Å². The third-order valence-corrected chi connectivity index (χ3v) is 3.36. The first-order valence-electron chi connectivity index (χ1n) is 5.46. The predicted molar refractivity (Wildman–Crippen MR) is 69.1 cm³/mol. The molecule has 0 bridgehead atoms. The fourth-order valence-electron chi connectivity index (χ4n) is 1.66. The van der Waals surface area contributed by atoms with Crippen molar-refractivity contribution < 1.29 is 0 Å². The molecule has 0 saturated heterocycles. The Bertz CT molecular complexity index is 549. The minimum atomic E-state index is 0.966. The highest BCUT2D eigenvalue weighted by molar-refractivity contribution is 7.07. The summed E-state index contributed by atoms with van der Waals surface area (Å²) in [5, 5.41) is 2.08. The van der Waals surface area contributed by atoms with Gasteiger partial charge in [0.25, 0.3) is 0 Å². The Labute approximate surface area is 99.9 Å². The summed E-state index contributed by atoms with van der Waals surface area (Å²) < 4.78 is 2.16. The second-order valence-corrected chi connectivity index (χ2v) is 4.75. The van der Waals surface area contributed by atoms with Crippen LogP contribution < -0.4 is 4.80 Å². The Morgan fingerprint density at radius 2 is 2.12 bits per heavy atom. The first-order chi connectivity index (χ1) is 7.70. The molecular formula is C13H16N2S. The van der Waals surface area contributed by atoms with E-state index in [0.717, 1.165) is 17.0 Å². The van der Waals surface area contributed by atoms with Crippen molar-refractivity contribution in [3.8, 4) is 0 Å². The molecule has 0 N–H and O–H groups in total. The Hall–Kier alpha value is -1.35. The third kappa shape index (κ3) is 2.25. The van der Waals surface area contributed by atoms with Gasteiger partial charge in [-0.3, -0.25) is 0 Å². The molecule has 1 aromatic heterocycles. The van der Waals surface area contributed by atoms with E-state index in [4.69, 9.17) is 4.99 Å². The lowest BCUT2D eigenvalue weighted by atomic mass is 10.1. The van der Waals surface area contributed by atoms with Crippen molar-refractivity contribution in [1.29, 1.82) is 0 Å². The van der Waals surface area contributed by atoms with E-state index < -0.39 is 0 Å². The van der Waals surface area contributed by atoms with Crippen molar-refractivity contribution in [3.05, 3.63) is 45.7 Å². The normalized spacial score (nSPS) is 12.1. The summed E-state index contributed by atoms with van der Waals surface area (Å²) >= 11 is 1.68. The molecule has 0 saturated carbocycles. The fourth-order valence-corrected chi connectivity index (χ4v) is 2.47. The summed E-state index contributed by atoms with van der Waals surface area (Å²) in [4.78, 5) is 5.76. The van der Waals surface area contributed by atoms with Crippen molar-refractivity contribution in [3.63, 3.8) is 0 Å². The van der Waals surface area contributed by atoms with Crippen molar-refractivity contribution in [1.82, 2.24) is 4.57 Å². The SMILES string of the molecule is CCn1ccsc1=Nc1ccc(C)cc1C. The first kappa shape index (κ1) is 11.1. The molecule has 0 radical (unpaired) electrons. The summed E-state index contributed by atoms with van der Waals surface area (Å²) in [6, 6.07) is 6.36. The maximum absolute atomic E-state index is 4.69. The minimum Gasteiger partial charge on any atom is -0.324 e. The zero-order chi connectivity index (χ0) is 11.5. The minimum absolute atomic E-state index is 0.966. The molecule has 0 fully saturated rings. The standard InChI is InChI=1S/C13H16N2S/c1-4-15-7-8-16-13(15)14-12-6-5-10(2)9-11(12)3/h5-9H,4H2,1-3H3. The number of thiazole rings is 1. The summed E-state index contributed by atoms with van der Waals surface area (Å²) in [5.74, 6) is 0. The smallest absolute Gasteiger partial charge is 0.189 e. The summed E-state index contributed by atoms with van der Waals surface area (Å²) in [6.45, 7) is 7.31. The molecule has 2 nitrogen and oxygen atoms in total. The van der Waals surface area contributed by atoms with Crippen LogP contribution in [0.25, 0.3) is 0 Å². The lowest BCUT2D eigenvalue weighted by Gasteiger charge is -2.01. The molecule has 2 aromatic rings. The molecule has 16 heavy (non-hydrogen) atoms. The van der Waals surface area contributed by atoms with Crippen LogP contribution in [0.2, 0.25) is 0 Å². The number of rotatable bonds is 2. The van der Waals surface area contributed by atoms with E-state index in [2.05, 4.69) is 55.1 Å². The van der Waals surface area contributed by atoms with Gasteiger partial charge in [-0.2, -0.15) is 0 Å². The molecule has 0 atom stereocenters. The molecule has 0 unspecified atom stereocenters. The average molecular weight is 232 g/mol. The third-order valence-electron chi connectivity index (χ3n) is 2.57. The maximum atomic E-state index is 4.69. The first-order valence-corrected chi connectivity index (χ1v) is 6.34. The zero-order valence-corrected chi connectivity index (χ0v) is 10.7. The molecule has 0 aliphatic rings. The largest absolute Gasteiger partial charge is 0.324 e. The van der Waals surface area contributed by atoms with E-state index >= 15 is 0 Å². The Balaban J connectivity index is 2.50. The van der Waals surface area contributed by atoms with Gasteiger partial charge in [-0.05, 0) is 32.4 Å². The summed E-state index contributed by atoms with van der Waals surface area (Å²) in [6.07, 6.45) is 2.08. The van der Waals surface area contributed by atoms with Crippen LogP contribution in [0.3, 0.4) is 0 Å². The van der Waals surface area contributed by atoms with Crippen LogP contribution in [0.1, 0.15) is 18.1 Å². The number of aryl methyl sites for hydroxylation is 3. The molecule has 3 heteroatoms. The maximum Gasteiger partial charge on any atom is 0.189 e. The Kier molecular flexibility index (Phi) is 3.25. The van der Waals surface area contributed by atoms with Crippen molar-refractivity contribution >= 4 is 17.0 Å². The molecule has 2 rings (SSSR count). The number of hydrogen-bond acceptors (Lipinski definition) is 2. The van der Waals surface area contributed by atoms with E-state index in [9.17, 15) is 0 Å². The monoisotopic (exact) mass is 232 g/mol. The highest BCUT2D eigenvalue weighted by atomic mass is 32.1. The molecular weight excluding hydrogens is 216 g/mol. The van der Waals surface area contributed by atoms with Crippen molar-refractivity contribution in [2.45, 2.75) is 27.3 Å². The van der Waals surface area contributed by atoms with Crippen LogP contribution in [0, 0.1) is 13.8 Å². The van der Waals surface area contributed by atoms with Crippen LogP contribution in [0.4, 0.5) is 5.69 Å². The lowest BCUT2D eigenvalue weighted by molar-refractivity contribution is 0.737. The fraction of sp³-hybridized carbons (Fsp3) is 0.308. The molecule has 0 aliphatic carbocycles. The number of benzene rings is 1. The second kappa shape index (κ2) is 4.66. The van der Waals surface area contributed by atoms with Crippen molar-refractivity contribution in [2.75, 3.05) is 0 Å². The van der Waals surface area contributed by atoms with Crippen LogP contribution in [0.5, 0.6) is 0 Å². The second-order valence-electron chi connectivity index (χ2n) is 3.87. The van der Waals surface area contributed by atoms with Gasteiger partial charge in [0, 0.05) is 18.1 Å². The van der Waals surface area contributed by atoms with Gasteiger partial charge in [-0.15, -0.1) is 11.3 Å². The highest BCUT2D eigenvalue weighted by Gasteiger charge is 1.97. The lowest BCUT2D eigenvalue weighted by Crippen LogP contribution is -2.11. The van der Waals surface area contributed by atoms with Crippen LogP contribution in [-0.2, 0) is 6.54 Å². The number of hydrogen-bond donors (Lipinski definition) is 0. The quantitative estimate of drug-likeness (QED) is 0.755. The average Bonchev–Trinajstić information content (AvgIpc) is 2.69. The molecule has 1 aromatic carbocycles. The molecule has 0 spiro atoms. The van der Waals surface area contributed by atoms with Gasteiger partial charge in [-0.25, -0.2) is 4.99 Å². The highest BCUT2D eigenvalue weighted by Crippen LogP contribution is 2.18. The number of nitrogens with zero attached hydrogens (tertiary/aromatic N) is 2. The van der Waals surface area contributed by atoms with Crippen LogP contribution in [0.15, 0.2) is 34.8 Å². The van der Waals surface area contributed by atoms with Gasteiger partial charge < -0.3 is 4.57 Å². The van der Waals surface area contributed by atoms with Gasteiger partial charge in [-0.1, -0.05) is 17.7 Å². The number of aromatic nitrogens is 1. The van der Waals surface area contributed by atoms with E-state index in [0.29, 0.717) is 0 Å². The van der Waals surface area contributed by atoms with Gasteiger partial charge in [0.2, 0.25) is 0 Å². The van der Waals surface area contributed by atoms with Gasteiger partial charge >= 0.3 is 0 Å². The van der Waals surface area contributed by atoms with Crippen LogP contribution >= 0.6 is 11.3 Å². The van der Waals surface area contributed by atoms with Gasteiger partial charge in [0.1, 0.15) is 0 Å². The van der Waals surface area contributed by atoms with Gasteiger partial charge in [0.05, 0.1) is 5.69 Å². The Morgan fingerprint density at radius 1 is 1.31 bits per heavy atom. The zero-order valence-electron chi connectivity index (χ0n) is 9.90.